The molecule has 2 aliphatic rings. The number of amides is 2. The van der Waals surface area contributed by atoms with Gasteiger partial charge in [0, 0.05) is 13.1 Å². The zero-order valence-electron chi connectivity index (χ0n) is 11.7. The van der Waals surface area contributed by atoms with Gasteiger partial charge in [0.2, 0.25) is 11.8 Å². The molecule has 2 aliphatic heterocycles. The summed E-state index contributed by atoms with van der Waals surface area (Å²) in [5.74, 6) is -1.08. The Hall–Kier alpha value is -0.990. The Morgan fingerprint density at radius 2 is 1.75 bits per heavy atom. The molecule has 1 unspecified atom stereocenters. The summed E-state index contributed by atoms with van der Waals surface area (Å²) < 4.78 is 27.8. The number of rotatable bonds is 3. The molecule has 2 saturated heterocycles. The number of nitrogens with zero attached hydrogens (tertiary/aromatic N) is 2. The van der Waals surface area contributed by atoms with Crippen LogP contribution in [0.4, 0.5) is 0 Å². The van der Waals surface area contributed by atoms with Crippen LogP contribution in [0.1, 0.15) is 39.0 Å². The van der Waals surface area contributed by atoms with E-state index in [1.807, 2.05) is 0 Å². The summed E-state index contributed by atoms with van der Waals surface area (Å²) in [7, 11) is -3.75. The van der Waals surface area contributed by atoms with Crippen molar-refractivity contribution in [1.29, 1.82) is 0 Å². The van der Waals surface area contributed by atoms with Gasteiger partial charge in [0.15, 0.2) is 0 Å². The zero-order valence-corrected chi connectivity index (χ0v) is 12.5. The normalized spacial score (nSPS) is 27.1. The largest absolute Gasteiger partial charge is 0.294 e. The van der Waals surface area contributed by atoms with Crippen LogP contribution in [0.2, 0.25) is 0 Å². The maximum atomic E-state index is 12.7. The molecule has 2 rings (SSSR count). The van der Waals surface area contributed by atoms with Gasteiger partial charge in [-0.15, -0.1) is 0 Å². The van der Waals surface area contributed by atoms with Crippen LogP contribution in [0.3, 0.4) is 0 Å². The Morgan fingerprint density at radius 3 is 2.30 bits per heavy atom. The van der Waals surface area contributed by atoms with Gasteiger partial charge in [-0.05, 0) is 19.3 Å². The van der Waals surface area contributed by atoms with Gasteiger partial charge in [-0.2, -0.15) is 17.0 Å². The predicted octanol–water partition coefficient (Wildman–Crippen LogP) is -0.156. The van der Waals surface area contributed by atoms with Crippen molar-refractivity contribution in [2.45, 2.75) is 45.1 Å². The molecule has 7 nitrogen and oxygen atoms in total. The lowest BCUT2D eigenvalue weighted by Crippen LogP contribution is -2.62. The van der Waals surface area contributed by atoms with Crippen LogP contribution in [0, 0.1) is 0 Å². The maximum absolute atomic E-state index is 12.7. The quantitative estimate of drug-likeness (QED) is 0.734. The van der Waals surface area contributed by atoms with Crippen LogP contribution >= 0.6 is 0 Å². The Balaban J connectivity index is 2.25. The predicted molar refractivity (Wildman–Crippen MR) is 72.9 cm³/mol. The molecule has 2 heterocycles. The van der Waals surface area contributed by atoms with Crippen molar-refractivity contribution >= 4 is 22.0 Å². The Kier molecular flexibility index (Phi) is 4.77. The first-order chi connectivity index (χ1) is 9.46. The smallest absolute Gasteiger partial charge is 0.283 e. The Labute approximate surface area is 119 Å². The van der Waals surface area contributed by atoms with E-state index in [0.717, 1.165) is 30.0 Å². The van der Waals surface area contributed by atoms with Gasteiger partial charge in [0.05, 0.1) is 6.54 Å². The molecule has 0 aromatic heterocycles. The lowest BCUT2D eigenvalue weighted by Gasteiger charge is -2.35. The highest BCUT2D eigenvalue weighted by Gasteiger charge is 2.42. The van der Waals surface area contributed by atoms with E-state index in [4.69, 9.17) is 0 Å². The molecule has 1 N–H and O–H groups in total. The van der Waals surface area contributed by atoms with E-state index in [2.05, 4.69) is 5.32 Å². The summed E-state index contributed by atoms with van der Waals surface area (Å²) in [6.45, 7) is 2.39. The zero-order chi connectivity index (χ0) is 14.8. The van der Waals surface area contributed by atoms with Gasteiger partial charge in [0.25, 0.3) is 10.2 Å². The monoisotopic (exact) mass is 303 g/mol. The second-order valence-corrected chi connectivity index (χ2v) is 7.08. The highest BCUT2D eigenvalue weighted by atomic mass is 32.2. The fraction of sp³-hybridized carbons (Fsp3) is 0.833. The van der Waals surface area contributed by atoms with E-state index in [1.165, 1.54) is 4.31 Å². The molecule has 114 valence electrons. The molecule has 8 heteroatoms. The van der Waals surface area contributed by atoms with Crippen molar-refractivity contribution in [2.75, 3.05) is 19.6 Å². The van der Waals surface area contributed by atoms with Crippen molar-refractivity contribution in [3.8, 4) is 0 Å². The van der Waals surface area contributed by atoms with Crippen LogP contribution in [-0.4, -0.2) is 54.5 Å². The highest BCUT2D eigenvalue weighted by molar-refractivity contribution is 7.86. The average Bonchev–Trinajstić information content (AvgIpc) is 2.67. The molecule has 0 saturated carbocycles. The molecule has 0 aromatic carbocycles. The second kappa shape index (κ2) is 6.19. The summed E-state index contributed by atoms with van der Waals surface area (Å²) in [6, 6.07) is -0.791. The van der Waals surface area contributed by atoms with Gasteiger partial charge in [-0.25, -0.2) is 0 Å². The Bertz CT molecular complexity index is 483. The molecular weight excluding hydrogens is 282 g/mol. The molecule has 1 atom stereocenters. The highest BCUT2D eigenvalue weighted by Crippen LogP contribution is 2.21. The fourth-order valence-electron chi connectivity index (χ4n) is 2.69. The van der Waals surface area contributed by atoms with Crippen molar-refractivity contribution in [2.24, 2.45) is 0 Å². The van der Waals surface area contributed by atoms with E-state index in [9.17, 15) is 18.0 Å². The first kappa shape index (κ1) is 15.4. The van der Waals surface area contributed by atoms with Crippen LogP contribution < -0.4 is 5.32 Å². The topological polar surface area (TPSA) is 86.8 Å². The van der Waals surface area contributed by atoms with E-state index < -0.39 is 28.1 Å². The second-order valence-electron chi connectivity index (χ2n) is 5.20. The number of carbonyl (C=O) groups is 2. The summed E-state index contributed by atoms with van der Waals surface area (Å²) in [4.78, 5) is 23.3. The summed E-state index contributed by atoms with van der Waals surface area (Å²) >= 11 is 0. The third kappa shape index (κ3) is 3.02. The van der Waals surface area contributed by atoms with Crippen LogP contribution in [0.5, 0.6) is 0 Å². The van der Waals surface area contributed by atoms with E-state index in [1.54, 1.807) is 6.92 Å². The Morgan fingerprint density at radius 1 is 1.15 bits per heavy atom. The molecular formula is C12H21N3O4S. The summed E-state index contributed by atoms with van der Waals surface area (Å²) in [6.07, 6.45) is 4.03. The first-order valence-electron chi connectivity index (χ1n) is 7.07. The molecule has 0 radical (unpaired) electrons. The molecule has 0 spiro atoms. The van der Waals surface area contributed by atoms with Crippen molar-refractivity contribution < 1.29 is 18.0 Å². The van der Waals surface area contributed by atoms with Gasteiger partial charge < -0.3 is 0 Å². The minimum Gasteiger partial charge on any atom is -0.294 e. The van der Waals surface area contributed by atoms with Crippen LogP contribution in [-0.2, 0) is 19.8 Å². The number of hydrogen-bond acceptors (Lipinski definition) is 4. The molecule has 2 fully saturated rings. The lowest BCUT2D eigenvalue weighted by atomic mass is 10.2. The van der Waals surface area contributed by atoms with E-state index >= 15 is 0 Å². The standard InChI is InChI=1S/C12H21N3O4S/c1-2-10-12(17)13-11(16)9-15(10)20(18,19)14-7-5-3-4-6-8-14/h10H,2-9H2,1H3,(H,13,16,17). The number of hydrogen-bond donors (Lipinski definition) is 1. The number of imide groups is 1. The molecule has 2 amide bonds. The third-order valence-electron chi connectivity index (χ3n) is 3.79. The fourth-order valence-corrected chi connectivity index (χ4v) is 4.56. The van der Waals surface area contributed by atoms with Crippen molar-refractivity contribution in [3.05, 3.63) is 0 Å². The number of carbonyl (C=O) groups excluding carboxylic acids is 2. The maximum Gasteiger partial charge on any atom is 0.283 e. The molecule has 0 aromatic rings. The van der Waals surface area contributed by atoms with Gasteiger partial charge >= 0.3 is 0 Å². The van der Waals surface area contributed by atoms with Crippen LogP contribution in [0.15, 0.2) is 0 Å². The number of nitrogens with one attached hydrogen (secondary N) is 1. The minimum absolute atomic E-state index is 0.275. The van der Waals surface area contributed by atoms with E-state index in [0.29, 0.717) is 19.5 Å². The SMILES string of the molecule is CCC1C(=O)NC(=O)CN1S(=O)(=O)N1CCCCCC1. The number of piperazine rings is 1. The molecule has 0 bridgehead atoms. The summed E-state index contributed by atoms with van der Waals surface area (Å²) in [5.41, 5.74) is 0. The molecule has 20 heavy (non-hydrogen) atoms. The average molecular weight is 303 g/mol. The van der Waals surface area contributed by atoms with Crippen molar-refractivity contribution in [3.63, 3.8) is 0 Å². The van der Waals surface area contributed by atoms with Crippen molar-refractivity contribution in [1.82, 2.24) is 13.9 Å². The lowest BCUT2D eigenvalue weighted by molar-refractivity contribution is -0.137. The van der Waals surface area contributed by atoms with Gasteiger partial charge in [0.1, 0.15) is 6.04 Å². The van der Waals surface area contributed by atoms with Crippen LogP contribution in [0.25, 0.3) is 0 Å². The van der Waals surface area contributed by atoms with Gasteiger partial charge in [-0.3, -0.25) is 14.9 Å². The van der Waals surface area contributed by atoms with E-state index in [-0.39, 0.29) is 6.54 Å². The molecule has 0 aliphatic carbocycles. The van der Waals surface area contributed by atoms with Gasteiger partial charge in [-0.1, -0.05) is 19.8 Å². The minimum atomic E-state index is -3.75. The third-order valence-corrected chi connectivity index (χ3v) is 5.78. The first-order valence-corrected chi connectivity index (χ1v) is 8.47. The summed E-state index contributed by atoms with van der Waals surface area (Å²) in [5, 5.41) is 2.20.